The van der Waals surface area contributed by atoms with Crippen LogP contribution in [0.4, 0.5) is 10.1 Å². The minimum atomic E-state index is -3.81. The van der Waals surface area contributed by atoms with Crippen molar-refractivity contribution in [3.8, 4) is 0 Å². The molecule has 0 bridgehead atoms. The number of hydrogen-bond acceptors (Lipinski definition) is 3. The second kappa shape index (κ2) is 4.58. The van der Waals surface area contributed by atoms with E-state index in [2.05, 4.69) is 5.32 Å². The standard InChI is InChI=1S/C9H11FN2O3S/c1-6(13)12-7-3-4-9(8(10)5-7)16(14,15)11-2/h3-5,11H,1-2H3,(H,12,13). The first-order valence-electron chi connectivity index (χ1n) is 4.37. The van der Waals surface area contributed by atoms with Gasteiger partial charge in [-0.15, -0.1) is 0 Å². The zero-order valence-corrected chi connectivity index (χ0v) is 9.56. The van der Waals surface area contributed by atoms with E-state index < -0.39 is 20.7 Å². The summed E-state index contributed by atoms with van der Waals surface area (Å²) in [6.07, 6.45) is 0. The number of anilines is 1. The lowest BCUT2D eigenvalue weighted by atomic mass is 10.3. The average molecular weight is 246 g/mol. The van der Waals surface area contributed by atoms with Crippen LogP contribution in [0.5, 0.6) is 0 Å². The monoisotopic (exact) mass is 246 g/mol. The quantitative estimate of drug-likeness (QED) is 0.824. The molecule has 88 valence electrons. The molecule has 1 rings (SSSR count). The zero-order chi connectivity index (χ0) is 12.3. The second-order valence-corrected chi connectivity index (χ2v) is 4.89. The molecule has 1 amide bonds. The van der Waals surface area contributed by atoms with E-state index in [-0.39, 0.29) is 11.6 Å². The van der Waals surface area contributed by atoms with Gasteiger partial charge in [0.05, 0.1) is 0 Å². The summed E-state index contributed by atoms with van der Waals surface area (Å²) in [6.45, 7) is 1.27. The van der Waals surface area contributed by atoms with Gasteiger partial charge in [0, 0.05) is 12.6 Å². The van der Waals surface area contributed by atoms with E-state index in [0.29, 0.717) is 0 Å². The van der Waals surface area contributed by atoms with E-state index in [1.807, 2.05) is 4.72 Å². The van der Waals surface area contributed by atoms with Crippen molar-refractivity contribution >= 4 is 21.6 Å². The molecule has 2 N–H and O–H groups in total. The number of sulfonamides is 1. The van der Waals surface area contributed by atoms with Gasteiger partial charge in [0.15, 0.2) is 0 Å². The van der Waals surface area contributed by atoms with Crippen molar-refractivity contribution < 1.29 is 17.6 Å². The van der Waals surface area contributed by atoms with Crippen molar-refractivity contribution in [3.63, 3.8) is 0 Å². The lowest BCUT2D eigenvalue weighted by Crippen LogP contribution is -2.20. The molecule has 0 spiro atoms. The molecular weight excluding hydrogens is 235 g/mol. The van der Waals surface area contributed by atoms with E-state index in [0.717, 1.165) is 12.1 Å². The van der Waals surface area contributed by atoms with Crippen LogP contribution >= 0.6 is 0 Å². The van der Waals surface area contributed by atoms with Crippen LogP contribution in [0.1, 0.15) is 6.92 Å². The van der Waals surface area contributed by atoms with Crippen molar-refractivity contribution in [2.75, 3.05) is 12.4 Å². The Morgan fingerprint density at radius 1 is 1.38 bits per heavy atom. The first-order valence-corrected chi connectivity index (χ1v) is 5.86. The number of benzene rings is 1. The fraction of sp³-hybridized carbons (Fsp3) is 0.222. The van der Waals surface area contributed by atoms with Crippen molar-refractivity contribution in [2.45, 2.75) is 11.8 Å². The summed E-state index contributed by atoms with van der Waals surface area (Å²) >= 11 is 0. The Morgan fingerprint density at radius 3 is 2.44 bits per heavy atom. The molecule has 5 nitrogen and oxygen atoms in total. The number of carbonyl (C=O) groups is 1. The van der Waals surface area contributed by atoms with Crippen molar-refractivity contribution in [1.29, 1.82) is 0 Å². The summed E-state index contributed by atoms with van der Waals surface area (Å²) in [7, 11) is -2.62. The Kier molecular flexibility index (Phi) is 3.61. The highest BCUT2D eigenvalue weighted by molar-refractivity contribution is 7.89. The minimum Gasteiger partial charge on any atom is -0.326 e. The van der Waals surface area contributed by atoms with E-state index in [1.54, 1.807) is 0 Å². The third kappa shape index (κ3) is 2.77. The smallest absolute Gasteiger partial charge is 0.243 e. The van der Waals surface area contributed by atoms with Gasteiger partial charge in [-0.3, -0.25) is 4.79 Å². The largest absolute Gasteiger partial charge is 0.326 e. The fourth-order valence-electron chi connectivity index (χ4n) is 1.11. The summed E-state index contributed by atoms with van der Waals surface area (Å²) in [5.74, 6) is -1.27. The third-order valence-electron chi connectivity index (χ3n) is 1.81. The summed E-state index contributed by atoms with van der Waals surface area (Å²) in [4.78, 5) is 10.2. The van der Waals surface area contributed by atoms with Gasteiger partial charge >= 0.3 is 0 Å². The molecule has 7 heteroatoms. The molecule has 0 heterocycles. The van der Waals surface area contributed by atoms with E-state index in [1.165, 1.54) is 20.0 Å². The first-order chi connectivity index (χ1) is 7.36. The second-order valence-electron chi connectivity index (χ2n) is 3.03. The maximum atomic E-state index is 13.4. The van der Waals surface area contributed by atoms with E-state index in [9.17, 15) is 17.6 Å². The molecule has 0 atom stereocenters. The van der Waals surface area contributed by atoms with Gasteiger partial charge in [-0.2, -0.15) is 0 Å². The van der Waals surface area contributed by atoms with Crippen LogP contribution in [0.3, 0.4) is 0 Å². The van der Waals surface area contributed by atoms with E-state index >= 15 is 0 Å². The van der Waals surface area contributed by atoms with Gasteiger partial charge < -0.3 is 5.32 Å². The Hall–Kier alpha value is -1.47. The van der Waals surface area contributed by atoms with Crippen LogP contribution in [0.15, 0.2) is 23.1 Å². The van der Waals surface area contributed by atoms with Crippen molar-refractivity contribution in [3.05, 3.63) is 24.0 Å². The molecule has 0 aliphatic heterocycles. The average Bonchev–Trinajstić information content (AvgIpc) is 2.16. The Bertz CT molecular complexity index is 513. The van der Waals surface area contributed by atoms with Crippen LogP contribution in [-0.4, -0.2) is 21.4 Å². The van der Waals surface area contributed by atoms with Crippen LogP contribution in [-0.2, 0) is 14.8 Å². The first kappa shape index (κ1) is 12.6. The maximum absolute atomic E-state index is 13.4. The van der Waals surface area contributed by atoms with Gasteiger partial charge in [0.1, 0.15) is 10.7 Å². The van der Waals surface area contributed by atoms with Gasteiger partial charge in [-0.1, -0.05) is 0 Å². The highest BCUT2D eigenvalue weighted by Crippen LogP contribution is 2.18. The van der Waals surface area contributed by atoms with Crippen LogP contribution in [0.2, 0.25) is 0 Å². The molecule has 0 fully saturated rings. The molecule has 0 aliphatic rings. The predicted octanol–water partition coefficient (Wildman–Crippen LogP) is 0.692. The van der Waals surface area contributed by atoms with Crippen LogP contribution in [0, 0.1) is 5.82 Å². The predicted molar refractivity (Wildman–Crippen MR) is 56.9 cm³/mol. The van der Waals surface area contributed by atoms with Crippen molar-refractivity contribution in [2.24, 2.45) is 0 Å². The summed E-state index contributed by atoms with van der Waals surface area (Å²) in [5.41, 5.74) is 0.208. The molecule has 16 heavy (non-hydrogen) atoms. The SMILES string of the molecule is CNS(=O)(=O)c1ccc(NC(C)=O)cc1F. The number of rotatable bonds is 3. The summed E-state index contributed by atoms with van der Waals surface area (Å²) in [5, 5.41) is 2.35. The molecule has 0 aromatic heterocycles. The maximum Gasteiger partial charge on any atom is 0.243 e. The molecule has 1 aromatic carbocycles. The Balaban J connectivity index is 3.15. The molecular formula is C9H11FN2O3S. The van der Waals surface area contributed by atoms with Gasteiger partial charge in [0.25, 0.3) is 0 Å². The van der Waals surface area contributed by atoms with Crippen LogP contribution in [0.25, 0.3) is 0 Å². The Labute approximate surface area is 92.7 Å². The topological polar surface area (TPSA) is 75.3 Å². The number of hydrogen-bond donors (Lipinski definition) is 2. The van der Waals surface area contributed by atoms with Crippen molar-refractivity contribution in [1.82, 2.24) is 4.72 Å². The van der Waals surface area contributed by atoms with Gasteiger partial charge in [-0.25, -0.2) is 17.5 Å². The molecule has 0 unspecified atom stereocenters. The number of amides is 1. The normalized spacial score (nSPS) is 11.2. The zero-order valence-electron chi connectivity index (χ0n) is 8.74. The minimum absolute atomic E-state index is 0.208. The number of carbonyl (C=O) groups excluding carboxylic acids is 1. The van der Waals surface area contributed by atoms with Crippen LogP contribution < -0.4 is 10.0 Å². The van der Waals surface area contributed by atoms with Gasteiger partial charge in [-0.05, 0) is 25.2 Å². The fourth-order valence-corrected chi connectivity index (χ4v) is 1.89. The summed E-state index contributed by atoms with van der Waals surface area (Å²) < 4.78 is 38.0. The Morgan fingerprint density at radius 2 is 2.00 bits per heavy atom. The summed E-state index contributed by atoms with van der Waals surface area (Å²) in [6, 6.07) is 3.35. The molecule has 0 saturated heterocycles. The lowest BCUT2D eigenvalue weighted by Gasteiger charge is -2.06. The lowest BCUT2D eigenvalue weighted by molar-refractivity contribution is -0.114. The molecule has 0 saturated carbocycles. The highest BCUT2D eigenvalue weighted by atomic mass is 32.2. The van der Waals surface area contributed by atoms with E-state index in [4.69, 9.17) is 0 Å². The number of nitrogens with one attached hydrogen (secondary N) is 2. The number of halogens is 1. The molecule has 0 radical (unpaired) electrons. The molecule has 1 aromatic rings. The highest BCUT2D eigenvalue weighted by Gasteiger charge is 2.17. The molecule has 0 aliphatic carbocycles. The van der Waals surface area contributed by atoms with Gasteiger partial charge in [0.2, 0.25) is 15.9 Å². The third-order valence-corrected chi connectivity index (χ3v) is 3.26.